The summed E-state index contributed by atoms with van der Waals surface area (Å²) >= 11 is 5.84. The fourth-order valence-corrected chi connectivity index (χ4v) is 1.90. The van der Waals surface area contributed by atoms with Gasteiger partial charge in [0.15, 0.2) is 0 Å². The van der Waals surface area contributed by atoms with Crippen molar-refractivity contribution in [3.8, 4) is 17.2 Å². The Balaban J connectivity index is 1.84. The average molecular weight is 312 g/mol. The van der Waals surface area contributed by atoms with Gasteiger partial charge in [0.05, 0.1) is 17.8 Å². The first-order valence-electron chi connectivity index (χ1n) is 6.24. The number of anilines is 1. The van der Waals surface area contributed by atoms with Gasteiger partial charge in [0.1, 0.15) is 36.3 Å². The van der Waals surface area contributed by atoms with Gasteiger partial charge in [-0.05, 0) is 30.3 Å². The zero-order chi connectivity index (χ0) is 15.2. The Morgan fingerprint density at radius 1 is 1.05 bits per heavy atom. The van der Waals surface area contributed by atoms with E-state index in [2.05, 4.69) is 0 Å². The van der Waals surface area contributed by atoms with Crippen molar-refractivity contribution < 1.29 is 18.6 Å². The monoisotopic (exact) mass is 311 g/mol. The van der Waals surface area contributed by atoms with Crippen LogP contribution in [0.2, 0.25) is 5.02 Å². The number of halogens is 2. The van der Waals surface area contributed by atoms with Crippen molar-refractivity contribution in [2.24, 2.45) is 0 Å². The van der Waals surface area contributed by atoms with Crippen LogP contribution in [-0.2, 0) is 0 Å². The molecular formula is C15H15ClFNO3. The smallest absolute Gasteiger partial charge is 0.142 e. The molecule has 2 aromatic carbocycles. The molecular weight excluding hydrogens is 297 g/mol. The zero-order valence-electron chi connectivity index (χ0n) is 11.4. The first-order valence-corrected chi connectivity index (χ1v) is 6.62. The summed E-state index contributed by atoms with van der Waals surface area (Å²) < 4.78 is 28.8. The zero-order valence-corrected chi connectivity index (χ0v) is 12.2. The number of methoxy groups -OCH3 is 1. The van der Waals surface area contributed by atoms with E-state index in [1.807, 2.05) is 0 Å². The van der Waals surface area contributed by atoms with Gasteiger partial charge in [-0.25, -0.2) is 4.39 Å². The van der Waals surface area contributed by atoms with Gasteiger partial charge < -0.3 is 19.9 Å². The first kappa shape index (κ1) is 15.3. The molecule has 0 radical (unpaired) electrons. The van der Waals surface area contributed by atoms with Crippen molar-refractivity contribution in [3.63, 3.8) is 0 Å². The average Bonchev–Trinajstić information content (AvgIpc) is 2.46. The lowest BCUT2D eigenvalue weighted by Crippen LogP contribution is -2.10. The van der Waals surface area contributed by atoms with Gasteiger partial charge in [-0.3, -0.25) is 0 Å². The van der Waals surface area contributed by atoms with Crippen molar-refractivity contribution in [1.82, 2.24) is 0 Å². The normalized spacial score (nSPS) is 10.2. The summed E-state index contributed by atoms with van der Waals surface area (Å²) in [5, 5.41) is 0.221. The minimum Gasteiger partial charge on any atom is -0.497 e. The molecule has 2 aromatic rings. The summed E-state index contributed by atoms with van der Waals surface area (Å²) in [6.45, 7) is 0.543. The number of hydrogen-bond donors (Lipinski definition) is 1. The van der Waals surface area contributed by atoms with Gasteiger partial charge in [0.25, 0.3) is 0 Å². The van der Waals surface area contributed by atoms with Crippen molar-refractivity contribution in [2.45, 2.75) is 0 Å². The van der Waals surface area contributed by atoms with E-state index in [0.717, 1.165) is 0 Å². The number of hydrogen-bond acceptors (Lipinski definition) is 4. The van der Waals surface area contributed by atoms with E-state index in [1.54, 1.807) is 25.3 Å². The van der Waals surface area contributed by atoms with Crippen LogP contribution < -0.4 is 19.9 Å². The number of nitrogens with two attached hydrogens (primary N) is 1. The second kappa shape index (κ2) is 7.04. The Bertz CT molecular complexity index is 622. The Morgan fingerprint density at radius 2 is 1.71 bits per heavy atom. The number of rotatable bonds is 6. The molecule has 0 aromatic heterocycles. The van der Waals surface area contributed by atoms with Gasteiger partial charge >= 0.3 is 0 Å². The van der Waals surface area contributed by atoms with Crippen molar-refractivity contribution in [1.29, 1.82) is 0 Å². The van der Waals surface area contributed by atoms with Crippen molar-refractivity contribution in [3.05, 3.63) is 47.2 Å². The summed E-state index contributed by atoms with van der Waals surface area (Å²) in [7, 11) is 1.57. The van der Waals surface area contributed by atoms with Gasteiger partial charge in [0, 0.05) is 6.07 Å². The fourth-order valence-electron chi connectivity index (χ4n) is 1.68. The second-order valence-corrected chi connectivity index (χ2v) is 4.58. The minimum absolute atomic E-state index is 0.221. The van der Waals surface area contributed by atoms with E-state index in [9.17, 15) is 4.39 Å². The molecule has 0 heterocycles. The third kappa shape index (κ3) is 4.16. The highest BCUT2D eigenvalue weighted by Crippen LogP contribution is 2.27. The maximum Gasteiger partial charge on any atom is 0.142 e. The Labute approximate surface area is 127 Å². The largest absolute Gasteiger partial charge is 0.497 e. The molecule has 0 bridgehead atoms. The Kier molecular flexibility index (Phi) is 5.11. The van der Waals surface area contributed by atoms with Crippen LogP contribution >= 0.6 is 11.6 Å². The van der Waals surface area contributed by atoms with Crippen LogP contribution in [-0.4, -0.2) is 20.3 Å². The standard InChI is InChI=1S/C15H15ClFNO3/c1-19-11-3-5-15(13(18)9-11)21-7-6-20-14-4-2-10(17)8-12(14)16/h2-5,8-9H,6-7,18H2,1H3. The molecule has 0 amide bonds. The lowest BCUT2D eigenvalue weighted by Gasteiger charge is -2.11. The molecule has 0 saturated heterocycles. The summed E-state index contributed by atoms with van der Waals surface area (Å²) in [5.74, 6) is 1.21. The topological polar surface area (TPSA) is 53.7 Å². The first-order chi connectivity index (χ1) is 10.1. The Hall–Kier alpha value is -2.14. The molecule has 0 atom stereocenters. The quantitative estimate of drug-likeness (QED) is 0.655. The molecule has 6 heteroatoms. The maximum atomic E-state index is 12.9. The van der Waals surface area contributed by atoms with Crippen LogP contribution in [0.4, 0.5) is 10.1 Å². The van der Waals surface area contributed by atoms with Crippen molar-refractivity contribution >= 4 is 17.3 Å². The van der Waals surface area contributed by atoms with Gasteiger partial charge in [-0.2, -0.15) is 0 Å². The van der Waals surface area contributed by atoms with Gasteiger partial charge in [0.2, 0.25) is 0 Å². The molecule has 2 N–H and O–H groups in total. The van der Waals surface area contributed by atoms with E-state index in [4.69, 9.17) is 31.5 Å². The molecule has 2 rings (SSSR count). The fraction of sp³-hybridized carbons (Fsp3) is 0.200. The minimum atomic E-state index is -0.408. The van der Waals surface area contributed by atoms with Gasteiger partial charge in [-0.15, -0.1) is 0 Å². The van der Waals surface area contributed by atoms with E-state index in [1.165, 1.54) is 18.2 Å². The molecule has 0 fully saturated rings. The molecule has 112 valence electrons. The molecule has 0 aliphatic heterocycles. The third-order valence-corrected chi connectivity index (χ3v) is 3.00. The molecule has 0 saturated carbocycles. The van der Waals surface area contributed by atoms with Crippen LogP contribution in [0.1, 0.15) is 0 Å². The van der Waals surface area contributed by atoms with E-state index in [0.29, 0.717) is 22.9 Å². The lowest BCUT2D eigenvalue weighted by molar-refractivity contribution is 0.217. The van der Waals surface area contributed by atoms with E-state index >= 15 is 0 Å². The second-order valence-electron chi connectivity index (χ2n) is 4.18. The van der Waals surface area contributed by atoms with E-state index < -0.39 is 5.82 Å². The highest BCUT2D eigenvalue weighted by molar-refractivity contribution is 6.32. The summed E-state index contributed by atoms with van der Waals surface area (Å²) in [6, 6.07) is 9.09. The predicted molar refractivity (Wildman–Crippen MR) is 79.8 cm³/mol. The predicted octanol–water partition coefficient (Wildman–Crippen LogP) is 3.53. The molecule has 0 spiro atoms. The number of nitrogen functional groups attached to an aromatic ring is 1. The van der Waals surface area contributed by atoms with Crippen LogP contribution in [0.25, 0.3) is 0 Å². The molecule has 0 aliphatic rings. The maximum absolute atomic E-state index is 12.9. The third-order valence-electron chi connectivity index (χ3n) is 2.71. The van der Waals surface area contributed by atoms with Crippen LogP contribution in [0.3, 0.4) is 0 Å². The van der Waals surface area contributed by atoms with Gasteiger partial charge in [-0.1, -0.05) is 11.6 Å². The summed E-state index contributed by atoms with van der Waals surface area (Å²) in [6.07, 6.45) is 0. The molecule has 21 heavy (non-hydrogen) atoms. The summed E-state index contributed by atoms with van der Waals surface area (Å²) in [4.78, 5) is 0. The van der Waals surface area contributed by atoms with Crippen LogP contribution in [0.5, 0.6) is 17.2 Å². The number of benzene rings is 2. The molecule has 4 nitrogen and oxygen atoms in total. The molecule has 0 aliphatic carbocycles. The Morgan fingerprint density at radius 3 is 2.33 bits per heavy atom. The SMILES string of the molecule is COc1ccc(OCCOc2ccc(F)cc2Cl)c(N)c1. The van der Waals surface area contributed by atoms with E-state index in [-0.39, 0.29) is 18.2 Å². The lowest BCUT2D eigenvalue weighted by atomic mass is 10.3. The molecule has 0 unspecified atom stereocenters. The number of ether oxygens (including phenoxy) is 3. The highest BCUT2D eigenvalue weighted by atomic mass is 35.5. The highest BCUT2D eigenvalue weighted by Gasteiger charge is 2.05. The summed E-state index contributed by atoms with van der Waals surface area (Å²) in [5.41, 5.74) is 6.30. The van der Waals surface area contributed by atoms with Crippen LogP contribution in [0, 0.1) is 5.82 Å². The van der Waals surface area contributed by atoms with Crippen molar-refractivity contribution in [2.75, 3.05) is 26.1 Å². The van der Waals surface area contributed by atoms with Crippen LogP contribution in [0.15, 0.2) is 36.4 Å².